The smallest absolute Gasteiger partial charge is 0.285 e. The fraction of sp³-hybridized carbons (Fsp3) is 0.400. The van der Waals surface area contributed by atoms with Crippen LogP contribution in [0.3, 0.4) is 0 Å². The topological polar surface area (TPSA) is 12.0 Å². The fourth-order valence-electron chi connectivity index (χ4n) is 1.22. The highest BCUT2D eigenvalue weighted by atomic mass is 79.9. The lowest BCUT2D eigenvalue weighted by molar-refractivity contribution is -0.00136. The number of halogens is 3. The molecule has 0 bridgehead atoms. The second-order valence-electron chi connectivity index (χ2n) is 3.08. The average Bonchev–Trinajstić information content (AvgIpc) is 2.17. The molecule has 5 heteroatoms. The van der Waals surface area contributed by atoms with Crippen LogP contribution < -0.4 is 5.32 Å². The van der Waals surface area contributed by atoms with E-state index in [1.807, 2.05) is 6.26 Å². The van der Waals surface area contributed by atoms with Crippen LogP contribution in [0.15, 0.2) is 27.6 Å². The van der Waals surface area contributed by atoms with Gasteiger partial charge in [0.2, 0.25) is 0 Å². The van der Waals surface area contributed by atoms with Crippen molar-refractivity contribution in [1.29, 1.82) is 0 Å². The lowest BCUT2D eigenvalue weighted by Crippen LogP contribution is -2.28. The number of likely N-dealkylation sites (N-methyl/N-ethyl adjacent to an activating group) is 1. The summed E-state index contributed by atoms with van der Waals surface area (Å²) in [4.78, 5) is 0.957. The first-order valence-electron chi connectivity index (χ1n) is 4.37. The van der Waals surface area contributed by atoms with Gasteiger partial charge in [0.1, 0.15) is 0 Å². The summed E-state index contributed by atoms with van der Waals surface area (Å²) in [5.74, 6) is -2.83. The lowest BCUT2D eigenvalue weighted by atomic mass is 10.1. The zero-order chi connectivity index (χ0) is 11.5. The van der Waals surface area contributed by atoms with Crippen LogP contribution in [-0.2, 0) is 5.92 Å². The molecule has 1 aromatic rings. The summed E-state index contributed by atoms with van der Waals surface area (Å²) in [5.41, 5.74) is 0.0292. The minimum absolute atomic E-state index is 0.0292. The molecule has 1 nitrogen and oxygen atoms in total. The molecule has 0 aliphatic carbocycles. The number of rotatable bonds is 4. The van der Waals surface area contributed by atoms with Gasteiger partial charge in [0.25, 0.3) is 5.92 Å². The first-order valence-corrected chi connectivity index (χ1v) is 6.39. The molecule has 0 aliphatic rings. The van der Waals surface area contributed by atoms with Crippen molar-refractivity contribution < 1.29 is 8.78 Å². The van der Waals surface area contributed by atoms with Gasteiger partial charge in [-0.1, -0.05) is 6.07 Å². The Labute approximate surface area is 101 Å². The molecule has 0 atom stereocenters. The van der Waals surface area contributed by atoms with E-state index in [2.05, 4.69) is 21.2 Å². The summed E-state index contributed by atoms with van der Waals surface area (Å²) in [6, 6.07) is 4.64. The highest BCUT2D eigenvalue weighted by molar-refractivity contribution is 9.10. The Hall–Kier alpha value is -0.130. The van der Waals surface area contributed by atoms with Gasteiger partial charge in [-0.05, 0) is 41.4 Å². The van der Waals surface area contributed by atoms with Crippen LogP contribution in [0.25, 0.3) is 0 Å². The Morgan fingerprint density at radius 3 is 2.60 bits per heavy atom. The zero-order valence-electron chi connectivity index (χ0n) is 8.48. The Kier molecular flexibility index (Phi) is 4.55. The summed E-state index contributed by atoms with van der Waals surface area (Å²) >= 11 is 4.80. The Bertz CT molecular complexity index is 344. The lowest BCUT2D eigenvalue weighted by Gasteiger charge is -2.17. The van der Waals surface area contributed by atoms with Gasteiger partial charge >= 0.3 is 0 Å². The van der Waals surface area contributed by atoms with Crippen LogP contribution in [-0.4, -0.2) is 19.8 Å². The van der Waals surface area contributed by atoms with E-state index < -0.39 is 5.92 Å². The fourth-order valence-corrected chi connectivity index (χ4v) is 2.54. The van der Waals surface area contributed by atoms with Crippen LogP contribution in [0.1, 0.15) is 5.56 Å². The van der Waals surface area contributed by atoms with Crippen molar-refractivity contribution in [2.75, 3.05) is 19.8 Å². The zero-order valence-corrected chi connectivity index (χ0v) is 10.9. The van der Waals surface area contributed by atoms with E-state index >= 15 is 0 Å². The predicted octanol–water partition coefficient (Wildman–Crippen LogP) is 3.48. The van der Waals surface area contributed by atoms with Gasteiger partial charge in [0.05, 0.1) is 6.54 Å². The Morgan fingerprint density at radius 2 is 2.13 bits per heavy atom. The second-order valence-corrected chi connectivity index (χ2v) is 4.79. The van der Waals surface area contributed by atoms with Gasteiger partial charge in [-0.3, -0.25) is 0 Å². The van der Waals surface area contributed by atoms with Crippen molar-refractivity contribution in [1.82, 2.24) is 5.32 Å². The molecule has 0 unspecified atom stereocenters. The normalized spacial score (nSPS) is 11.8. The number of hydrogen-bond acceptors (Lipinski definition) is 2. The molecule has 0 radical (unpaired) electrons. The number of nitrogens with one attached hydrogen (secondary N) is 1. The van der Waals surface area contributed by atoms with Gasteiger partial charge < -0.3 is 5.32 Å². The summed E-state index contributed by atoms with van der Waals surface area (Å²) in [6.45, 7) is -0.349. The maximum Gasteiger partial charge on any atom is 0.285 e. The van der Waals surface area contributed by atoms with E-state index in [9.17, 15) is 8.78 Å². The second kappa shape index (κ2) is 5.27. The molecule has 84 valence electrons. The van der Waals surface area contributed by atoms with Gasteiger partial charge in [-0.2, -0.15) is 8.78 Å². The quantitative estimate of drug-likeness (QED) is 0.854. The van der Waals surface area contributed by atoms with E-state index in [4.69, 9.17) is 0 Å². The van der Waals surface area contributed by atoms with E-state index in [-0.39, 0.29) is 12.1 Å². The van der Waals surface area contributed by atoms with Crippen molar-refractivity contribution in [2.24, 2.45) is 0 Å². The van der Waals surface area contributed by atoms with E-state index in [1.165, 1.54) is 30.9 Å². The number of hydrogen-bond donors (Lipinski definition) is 1. The highest BCUT2D eigenvalue weighted by Crippen LogP contribution is 2.33. The maximum absolute atomic E-state index is 13.5. The molecule has 1 N–H and O–H groups in total. The Balaban J connectivity index is 3.01. The first-order chi connectivity index (χ1) is 7.01. The van der Waals surface area contributed by atoms with Crippen LogP contribution in [0.4, 0.5) is 8.78 Å². The molecule has 0 fully saturated rings. The van der Waals surface area contributed by atoms with Crippen LogP contribution in [0.5, 0.6) is 0 Å². The SMILES string of the molecule is CNCC(F)(F)c1ccc(SC)c(Br)c1. The monoisotopic (exact) mass is 295 g/mol. The summed E-state index contributed by atoms with van der Waals surface area (Å²) in [5, 5.41) is 2.48. The summed E-state index contributed by atoms with van der Waals surface area (Å²) in [7, 11) is 1.51. The Morgan fingerprint density at radius 1 is 1.47 bits per heavy atom. The van der Waals surface area contributed by atoms with Crippen molar-refractivity contribution in [3.8, 4) is 0 Å². The molecule has 0 aromatic heterocycles. The van der Waals surface area contributed by atoms with Crippen molar-refractivity contribution in [2.45, 2.75) is 10.8 Å². The van der Waals surface area contributed by atoms with E-state index in [0.717, 1.165) is 4.90 Å². The van der Waals surface area contributed by atoms with Crippen molar-refractivity contribution >= 4 is 27.7 Å². The average molecular weight is 296 g/mol. The standard InChI is InChI=1S/C10H12BrF2NS/c1-14-6-10(12,13)7-3-4-9(15-2)8(11)5-7/h3-5,14H,6H2,1-2H3. The molecule has 0 spiro atoms. The van der Waals surface area contributed by atoms with Crippen molar-refractivity contribution in [3.63, 3.8) is 0 Å². The highest BCUT2D eigenvalue weighted by Gasteiger charge is 2.30. The largest absolute Gasteiger partial charge is 0.314 e. The molecule has 1 aromatic carbocycles. The molecular formula is C10H12BrF2NS. The van der Waals surface area contributed by atoms with Crippen molar-refractivity contribution in [3.05, 3.63) is 28.2 Å². The molecule has 0 saturated heterocycles. The molecule has 0 aliphatic heterocycles. The predicted molar refractivity (Wildman–Crippen MR) is 63.7 cm³/mol. The van der Waals surface area contributed by atoms with Crippen LogP contribution in [0.2, 0.25) is 0 Å². The molecule has 0 saturated carbocycles. The molecule has 0 heterocycles. The number of thioether (sulfide) groups is 1. The van der Waals surface area contributed by atoms with Crippen LogP contribution >= 0.6 is 27.7 Å². The third-order valence-corrected chi connectivity index (χ3v) is 3.69. The third-order valence-electron chi connectivity index (χ3n) is 1.97. The molecular weight excluding hydrogens is 284 g/mol. The van der Waals surface area contributed by atoms with E-state index in [1.54, 1.807) is 6.07 Å². The maximum atomic E-state index is 13.5. The minimum Gasteiger partial charge on any atom is -0.314 e. The number of benzene rings is 1. The van der Waals surface area contributed by atoms with E-state index in [0.29, 0.717) is 4.47 Å². The molecule has 1 rings (SSSR count). The summed E-state index contributed by atoms with van der Waals surface area (Å²) < 4.78 is 27.7. The van der Waals surface area contributed by atoms with Crippen LogP contribution in [0, 0.1) is 0 Å². The molecule has 15 heavy (non-hydrogen) atoms. The summed E-state index contributed by atoms with van der Waals surface area (Å²) in [6.07, 6.45) is 1.91. The third kappa shape index (κ3) is 3.16. The molecule has 0 amide bonds. The van der Waals surface area contributed by atoms with Gasteiger partial charge in [0.15, 0.2) is 0 Å². The minimum atomic E-state index is -2.83. The first kappa shape index (κ1) is 12.9. The van der Waals surface area contributed by atoms with Gasteiger partial charge in [-0.25, -0.2) is 0 Å². The van der Waals surface area contributed by atoms with Gasteiger partial charge in [-0.15, -0.1) is 11.8 Å². The number of alkyl halides is 2. The van der Waals surface area contributed by atoms with Gasteiger partial charge in [0, 0.05) is 14.9 Å².